The van der Waals surface area contributed by atoms with Crippen molar-refractivity contribution < 1.29 is 19.4 Å². The van der Waals surface area contributed by atoms with Crippen LogP contribution in [0.2, 0.25) is 0 Å². The van der Waals surface area contributed by atoms with E-state index < -0.39 is 23.7 Å². The predicted molar refractivity (Wildman–Crippen MR) is 85.2 cm³/mol. The van der Waals surface area contributed by atoms with Crippen LogP contribution in [0.3, 0.4) is 0 Å². The molecule has 0 aromatic carbocycles. The monoisotopic (exact) mass is 323 g/mol. The van der Waals surface area contributed by atoms with Crippen molar-refractivity contribution >= 4 is 33.7 Å². The minimum atomic E-state index is -1.04. The lowest BCUT2D eigenvalue weighted by atomic mass is 10.2. The zero-order valence-electron chi connectivity index (χ0n) is 13.0. The van der Waals surface area contributed by atoms with Gasteiger partial charge in [0, 0.05) is 10.5 Å². The van der Waals surface area contributed by atoms with Crippen LogP contribution in [0.4, 0.5) is 4.79 Å². The van der Waals surface area contributed by atoms with Gasteiger partial charge in [-0.15, -0.1) is 0 Å². The Balaban J connectivity index is 4.18. The Morgan fingerprint density at radius 3 is 2.15 bits per heavy atom. The third-order valence-electron chi connectivity index (χ3n) is 1.79. The molecule has 20 heavy (non-hydrogen) atoms. The van der Waals surface area contributed by atoms with Gasteiger partial charge in [-0.25, -0.2) is 9.59 Å². The van der Waals surface area contributed by atoms with E-state index in [-0.39, 0.29) is 4.75 Å². The van der Waals surface area contributed by atoms with E-state index in [4.69, 9.17) is 9.84 Å². The molecule has 1 atom stereocenters. The fourth-order valence-electron chi connectivity index (χ4n) is 1.09. The van der Waals surface area contributed by atoms with Crippen molar-refractivity contribution in [1.82, 2.24) is 5.32 Å². The van der Waals surface area contributed by atoms with Gasteiger partial charge < -0.3 is 15.2 Å². The van der Waals surface area contributed by atoms with Crippen molar-refractivity contribution in [2.75, 3.05) is 5.75 Å². The number of rotatable bonds is 6. The van der Waals surface area contributed by atoms with Crippen molar-refractivity contribution in [3.8, 4) is 0 Å². The molecule has 0 aliphatic rings. The number of ether oxygens (including phenoxy) is 1. The third kappa shape index (κ3) is 11.3. The van der Waals surface area contributed by atoms with Gasteiger partial charge in [0.05, 0.1) is 0 Å². The Labute approximate surface area is 129 Å². The van der Waals surface area contributed by atoms with E-state index in [9.17, 15) is 9.59 Å². The summed E-state index contributed by atoms with van der Waals surface area (Å²) >= 11 is 0. The number of carboxylic acid groups (broad SMARTS) is 1. The van der Waals surface area contributed by atoms with Gasteiger partial charge in [0.25, 0.3) is 0 Å². The second-order valence-corrected chi connectivity index (χ2v) is 9.59. The normalized spacial score (nSPS) is 13.7. The molecule has 5 nitrogen and oxygen atoms in total. The largest absolute Gasteiger partial charge is 0.480 e. The average Bonchev–Trinajstić information content (AvgIpc) is 2.17. The molecule has 0 heterocycles. The van der Waals surface area contributed by atoms with Crippen LogP contribution in [0, 0.1) is 0 Å². The summed E-state index contributed by atoms with van der Waals surface area (Å²) in [5, 5.41) is 11.5. The molecular formula is C13H25NO4S2. The lowest BCUT2D eigenvalue weighted by molar-refractivity contribution is -0.139. The zero-order chi connectivity index (χ0) is 16.0. The van der Waals surface area contributed by atoms with Crippen LogP contribution in [-0.2, 0) is 9.53 Å². The maximum absolute atomic E-state index is 11.6. The molecule has 7 heteroatoms. The van der Waals surface area contributed by atoms with Gasteiger partial charge in [-0.05, 0) is 27.2 Å². The SMILES string of the molecule is CC(C)(C)OC(=O)N[C@@H](CCSSC(C)(C)C)C(=O)O. The van der Waals surface area contributed by atoms with Crippen molar-refractivity contribution in [3.05, 3.63) is 0 Å². The molecule has 0 radical (unpaired) electrons. The Morgan fingerprint density at radius 1 is 1.20 bits per heavy atom. The summed E-state index contributed by atoms with van der Waals surface area (Å²) in [4.78, 5) is 22.7. The molecule has 0 unspecified atom stereocenters. The number of nitrogens with one attached hydrogen (secondary N) is 1. The summed E-state index contributed by atoms with van der Waals surface area (Å²) in [5.41, 5.74) is -0.635. The van der Waals surface area contributed by atoms with E-state index in [0.29, 0.717) is 12.2 Å². The van der Waals surface area contributed by atoms with Gasteiger partial charge in [-0.2, -0.15) is 0 Å². The standard InChI is InChI=1S/C13H25NO4S2/c1-12(2,3)18-11(17)14-9(10(15)16)7-8-19-20-13(4,5)6/h9H,7-8H2,1-6H3,(H,14,17)(H,15,16)/t9-/m0/s1. The number of hydrogen-bond donors (Lipinski definition) is 2. The molecule has 0 fully saturated rings. The molecule has 118 valence electrons. The number of alkyl carbamates (subject to hydrolysis) is 1. The highest BCUT2D eigenvalue weighted by Gasteiger charge is 2.24. The Hall–Kier alpha value is -0.560. The van der Waals surface area contributed by atoms with E-state index in [2.05, 4.69) is 26.1 Å². The van der Waals surface area contributed by atoms with Crippen molar-refractivity contribution in [1.29, 1.82) is 0 Å². The molecule has 0 spiro atoms. The number of carboxylic acids is 1. The fourth-order valence-corrected chi connectivity index (χ4v) is 3.46. The highest BCUT2D eigenvalue weighted by atomic mass is 33.1. The quantitative estimate of drug-likeness (QED) is 0.575. The molecule has 0 rings (SSSR count). The molecule has 2 N–H and O–H groups in total. The minimum absolute atomic E-state index is 0.127. The summed E-state index contributed by atoms with van der Waals surface area (Å²) in [5.74, 6) is -0.397. The van der Waals surface area contributed by atoms with Crippen LogP contribution in [0.15, 0.2) is 0 Å². The van der Waals surface area contributed by atoms with Gasteiger partial charge in [-0.3, -0.25) is 0 Å². The first-order valence-corrected chi connectivity index (χ1v) is 8.75. The fraction of sp³-hybridized carbons (Fsp3) is 0.846. The average molecular weight is 323 g/mol. The second kappa shape index (κ2) is 8.02. The van der Waals surface area contributed by atoms with Crippen LogP contribution in [0.5, 0.6) is 0 Å². The van der Waals surface area contributed by atoms with Crippen LogP contribution < -0.4 is 5.32 Å². The smallest absolute Gasteiger partial charge is 0.408 e. The number of amides is 1. The molecule has 0 saturated heterocycles. The lowest BCUT2D eigenvalue weighted by Crippen LogP contribution is -2.43. The van der Waals surface area contributed by atoms with E-state index in [1.165, 1.54) is 0 Å². The van der Waals surface area contributed by atoms with Gasteiger partial charge in [0.2, 0.25) is 0 Å². The summed E-state index contributed by atoms with van der Waals surface area (Å²) in [6, 6.07) is -0.919. The molecular weight excluding hydrogens is 298 g/mol. The van der Waals surface area contributed by atoms with Gasteiger partial charge >= 0.3 is 12.1 Å². The zero-order valence-corrected chi connectivity index (χ0v) is 14.6. The summed E-state index contributed by atoms with van der Waals surface area (Å²) in [6.07, 6.45) is -0.333. The highest BCUT2D eigenvalue weighted by Crippen LogP contribution is 2.35. The third-order valence-corrected chi connectivity index (χ3v) is 5.16. The maximum atomic E-state index is 11.6. The van der Waals surface area contributed by atoms with E-state index in [1.807, 2.05) is 0 Å². The minimum Gasteiger partial charge on any atom is -0.480 e. The Bertz CT molecular complexity index is 334. The summed E-state index contributed by atoms with van der Waals surface area (Å²) in [7, 11) is 3.30. The second-order valence-electron chi connectivity index (χ2n) is 6.34. The molecule has 0 aliphatic heterocycles. The van der Waals surface area contributed by atoms with Crippen molar-refractivity contribution in [2.24, 2.45) is 0 Å². The Kier molecular flexibility index (Phi) is 7.80. The van der Waals surface area contributed by atoms with Crippen molar-refractivity contribution in [2.45, 2.75) is 64.4 Å². The molecule has 0 aliphatic carbocycles. The van der Waals surface area contributed by atoms with Crippen LogP contribution >= 0.6 is 21.6 Å². The topological polar surface area (TPSA) is 75.6 Å². The molecule has 0 bridgehead atoms. The van der Waals surface area contributed by atoms with Gasteiger partial charge in [0.1, 0.15) is 11.6 Å². The highest BCUT2D eigenvalue weighted by molar-refractivity contribution is 8.77. The van der Waals surface area contributed by atoms with E-state index >= 15 is 0 Å². The predicted octanol–water partition coefficient (Wildman–Crippen LogP) is 3.53. The molecule has 0 aromatic heterocycles. The molecule has 0 aromatic rings. The molecule has 1 amide bonds. The van der Waals surface area contributed by atoms with Crippen LogP contribution in [-0.4, -0.2) is 39.3 Å². The molecule has 0 saturated carbocycles. The first-order valence-electron chi connectivity index (χ1n) is 6.44. The first kappa shape index (κ1) is 19.4. The maximum Gasteiger partial charge on any atom is 0.408 e. The number of hydrogen-bond acceptors (Lipinski definition) is 5. The lowest BCUT2D eigenvalue weighted by Gasteiger charge is -2.22. The van der Waals surface area contributed by atoms with E-state index in [1.54, 1.807) is 42.4 Å². The van der Waals surface area contributed by atoms with Crippen molar-refractivity contribution in [3.63, 3.8) is 0 Å². The number of aliphatic carboxylic acids is 1. The number of carbonyl (C=O) groups excluding carboxylic acids is 1. The number of carbonyl (C=O) groups is 2. The summed E-state index contributed by atoms with van der Waals surface area (Å²) < 4.78 is 5.18. The van der Waals surface area contributed by atoms with Gasteiger partial charge in [-0.1, -0.05) is 42.4 Å². The van der Waals surface area contributed by atoms with Gasteiger partial charge in [0.15, 0.2) is 0 Å². The van der Waals surface area contributed by atoms with Crippen LogP contribution in [0.25, 0.3) is 0 Å². The van der Waals surface area contributed by atoms with Crippen LogP contribution in [0.1, 0.15) is 48.0 Å². The first-order chi connectivity index (χ1) is 8.91. The van der Waals surface area contributed by atoms with E-state index in [0.717, 1.165) is 0 Å². The summed E-state index contributed by atoms with van der Waals surface area (Å²) in [6.45, 7) is 11.5. The Morgan fingerprint density at radius 2 is 1.75 bits per heavy atom.